The molecule has 0 fully saturated rings. The van der Waals surface area contributed by atoms with E-state index in [1.807, 2.05) is 0 Å². The molecule has 0 aliphatic rings. The molecular weight excluding hydrogens is 476 g/mol. The van der Waals surface area contributed by atoms with Gasteiger partial charge in [0.05, 0.1) is 21.2 Å². The first-order chi connectivity index (χ1) is 10.8. The van der Waals surface area contributed by atoms with Gasteiger partial charge in [-0.05, 0) is 36.4 Å². The van der Waals surface area contributed by atoms with E-state index in [-0.39, 0.29) is 47.7 Å². The minimum atomic E-state index is -4.42. The first-order valence-electron chi connectivity index (χ1n) is 5.94. The van der Waals surface area contributed by atoms with Crippen molar-refractivity contribution in [1.82, 2.24) is 0 Å². The van der Waals surface area contributed by atoms with Crippen LogP contribution in [0.4, 0.5) is 26.3 Å². The van der Waals surface area contributed by atoms with Gasteiger partial charge in [-0.1, -0.05) is 23.2 Å². The summed E-state index contributed by atoms with van der Waals surface area (Å²) in [5, 5.41) is 17.0. The van der Waals surface area contributed by atoms with Gasteiger partial charge in [-0.3, -0.25) is 0 Å². The van der Waals surface area contributed by atoms with Crippen LogP contribution < -0.4 is 0 Å². The van der Waals surface area contributed by atoms with Crippen molar-refractivity contribution in [2.75, 3.05) is 0 Å². The van der Waals surface area contributed by atoms with Crippen molar-refractivity contribution in [2.24, 2.45) is 0 Å². The fourth-order valence-corrected chi connectivity index (χ4v) is 1.73. The zero-order chi connectivity index (χ0) is 18.7. The standard InChI is InChI=1S/2C7H4ClF3O.Zr/c2*8-5-3-4(7(9,10)11)1-2-6(5)12;/h2*1-3,12H;. The first-order valence-corrected chi connectivity index (χ1v) is 6.69. The molecule has 2 aromatic rings. The molecule has 0 aliphatic carbocycles. The van der Waals surface area contributed by atoms with Crippen LogP contribution in [0, 0.1) is 0 Å². The monoisotopic (exact) mass is 482 g/mol. The van der Waals surface area contributed by atoms with Gasteiger partial charge in [-0.2, -0.15) is 26.3 Å². The third-order valence-corrected chi connectivity index (χ3v) is 3.16. The van der Waals surface area contributed by atoms with Gasteiger partial charge < -0.3 is 10.2 Å². The molecular formula is C14H8Cl2F6O2Zr. The Bertz CT molecular complexity index is 658. The maximum Gasteiger partial charge on any atom is 0.416 e. The Kier molecular flexibility index (Phi) is 8.81. The predicted molar refractivity (Wildman–Crippen MR) is 76.2 cm³/mol. The molecule has 0 amide bonds. The van der Waals surface area contributed by atoms with Crippen molar-refractivity contribution in [3.63, 3.8) is 0 Å². The van der Waals surface area contributed by atoms with Crippen LogP contribution in [0.2, 0.25) is 10.0 Å². The van der Waals surface area contributed by atoms with Gasteiger partial charge in [0.25, 0.3) is 0 Å². The minimum absolute atomic E-state index is 0. The predicted octanol–water partition coefficient (Wildman–Crippen LogP) is 6.13. The van der Waals surface area contributed by atoms with E-state index in [4.69, 9.17) is 33.4 Å². The summed E-state index contributed by atoms with van der Waals surface area (Å²) in [4.78, 5) is 0. The maximum atomic E-state index is 12.0. The quantitative estimate of drug-likeness (QED) is 0.442. The average molecular weight is 484 g/mol. The third kappa shape index (κ3) is 7.46. The van der Waals surface area contributed by atoms with E-state index in [1.54, 1.807) is 0 Å². The smallest absolute Gasteiger partial charge is 0.416 e. The summed E-state index contributed by atoms with van der Waals surface area (Å²) in [6, 6.07) is 4.70. The van der Waals surface area contributed by atoms with Gasteiger partial charge in [-0.25, -0.2) is 0 Å². The topological polar surface area (TPSA) is 40.5 Å². The Morgan fingerprint density at radius 2 is 0.920 bits per heavy atom. The van der Waals surface area contributed by atoms with Gasteiger partial charge in [0, 0.05) is 26.2 Å². The summed E-state index contributed by atoms with van der Waals surface area (Å²) in [5.74, 6) is -0.714. The molecule has 0 bridgehead atoms. The van der Waals surface area contributed by atoms with Gasteiger partial charge >= 0.3 is 12.4 Å². The van der Waals surface area contributed by atoms with Gasteiger partial charge in [0.1, 0.15) is 11.5 Å². The van der Waals surface area contributed by atoms with E-state index in [2.05, 4.69) is 0 Å². The molecule has 0 aliphatic heterocycles. The summed E-state index contributed by atoms with van der Waals surface area (Å²) < 4.78 is 71.8. The van der Waals surface area contributed by atoms with Crippen molar-refractivity contribution in [2.45, 2.75) is 12.4 Å². The summed E-state index contributed by atoms with van der Waals surface area (Å²) in [5.41, 5.74) is -1.74. The van der Waals surface area contributed by atoms with E-state index in [0.29, 0.717) is 12.1 Å². The SMILES string of the molecule is Oc1ccc(C(F)(F)F)cc1Cl.Oc1ccc(C(F)(F)F)cc1Cl.[Zr]. The number of phenolic OH excluding ortho intramolecular Hbond substituents is 2. The second-order valence-electron chi connectivity index (χ2n) is 4.33. The largest absolute Gasteiger partial charge is 0.506 e. The zero-order valence-electron chi connectivity index (χ0n) is 11.9. The van der Waals surface area contributed by atoms with Crippen molar-refractivity contribution < 1.29 is 62.8 Å². The number of alkyl halides is 6. The van der Waals surface area contributed by atoms with E-state index in [9.17, 15) is 26.3 Å². The van der Waals surface area contributed by atoms with Crippen molar-refractivity contribution in [3.8, 4) is 11.5 Å². The summed E-state index contributed by atoms with van der Waals surface area (Å²) in [6.07, 6.45) is -8.84. The number of hydrogen-bond donors (Lipinski definition) is 2. The molecule has 2 rings (SSSR count). The molecule has 0 spiro atoms. The fourth-order valence-electron chi connectivity index (χ4n) is 1.37. The molecule has 0 atom stereocenters. The zero-order valence-corrected chi connectivity index (χ0v) is 15.9. The second kappa shape index (κ2) is 9.15. The molecule has 0 radical (unpaired) electrons. The van der Waals surface area contributed by atoms with Crippen LogP contribution in [0.5, 0.6) is 11.5 Å². The van der Waals surface area contributed by atoms with Crippen LogP contribution in [-0.2, 0) is 38.6 Å². The number of phenols is 2. The third-order valence-electron chi connectivity index (χ3n) is 2.55. The van der Waals surface area contributed by atoms with Crippen LogP contribution >= 0.6 is 23.2 Å². The van der Waals surface area contributed by atoms with Crippen LogP contribution in [-0.4, -0.2) is 10.2 Å². The van der Waals surface area contributed by atoms with E-state index >= 15 is 0 Å². The van der Waals surface area contributed by atoms with E-state index in [1.165, 1.54) is 0 Å². The Labute approximate surface area is 167 Å². The van der Waals surface area contributed by atoms with Crippen molar-refractivity contribution in [3.05, 3.63) is 57.6 Å². The number of rotatable bonds is 0. The molecule has 11 heteroatoms. The van der Waals surface area contributed by atoms with Gasteiger partial charge in [-0.15, -0.1) is 0 Å². The molecule has 0 aromatic heterocycles. The van der Waals surface area contributed by atoms with Crippen molar-refractivity contribution in [1.29, 1.82) is 0 Å². The molecule has 0 heterocycles. The minimum Gasteiger partial charge on any atom is -0.506 e. The van der Waals surface area contributed by atoms with E-state index in [0.717, 1.165) is 24.3 Å². The van der Waals surface area contributed by atoms with Crippen LogP contribution in [0.1, 0.15) is 11.1 Å². The van der Waals surface area contributed by atoms with Crippen LogP contribution in [0.25, 0.3) is 0 Å². The Hall–Kier alpha value is -0.917. The number of aromatic hydroxyl groups is 2. The number of halogens is 8. The van der Waals surface area contributed by atoms with Crippen LogP contribution in [0.15, 0.2) is 36.4 Å². The number of benzene rings is 2. The second-order valence-corrected chi connectivity index (χ2v) is 5.14. The summed E-state index contributed by atoms with van der Waals surface area (Å²) in [7, 11) is 0. The molecule has 0 saturated carbocycles. The normalized spacial score (nSPS) is 11.2. The molecule has 2 N–H and O–H groups in total. The Morgan fingerprint density at radius 1 is 0.640 bits per heavy atom. The van der Waals surface area contributed by atoms with Gasteiger partial charge in [0.15, 0.2) is 0 Å². The van der Waals surface area contributed by atoms with E-state index < -0.39 is 23.5 Å². The van der Waals surface area contributed by atoms with Gasteiger partial charge in [0.2, 0.25) is 0 Å². The average Bonchev–Trinajstić information content (AvgIpc) is 2.43. The van der Waals surface area contributed by atoms with Crippen LogP contribution in [0.3, 0.4) is 0 Å². The Balaban J connectivity index is 0.000000443. The van der Waals surface area contributed by atoms with Crippen molar-refractivity contribution >= 4 is 23.2 Å². The Morgan fingerprint density at radius 3 is 1.12 bits per heavy atom. The molecule has 0 unspecified atom stereocenters. The molecule has 136 valence electrons. The maximum absolute atomic E-state index is 12.0. The molecule has 0 saturated heterocycles. The number of hydrogen-bond acceptors (Lipinski definition) is 2. The fraction of sp³-hybridized carbons (Fsp3) is 0.143. The summed E-state index contributed by atoms with van der Waals surface area (Å²) in [6.45, 7) is 0. The molecule has 2 nitrogen and oxygen atoms in total. The summed E-state index contributed by atoms with van der Waals surface area (Å²) >= 11 is 10.5. The molecule has 25 heavy (non-hydrogen) atoms. The first kappa shape index (κ1) is 24.1. The molecule has 2 aromatic carbocycles.